The molecule has 0 aliphatic carbocycles. The number of rotatable bonds is 2. The van der Waals surface area contributed by atoms with Gasteiger partial charge in [-0.15, -0.1) is 0 Å². The van der Waals surface area contributed by atoms with Crippen LogP contribution < -0.4 is 0 Å². The van der Waals surface area contributed by atoms with E-state index in [1.807, 2.05) is 0 Å². The normalized spacial score (nSPS) is 11.4. The Kier molecular flexibility index (Phi) is 4.34. The first-order valence-corrected chi connectivity index (χ1v) is 7.05. The molecular formula is C14H7Br2F3O. The van der Waals surface area contributed by atoms with Crippen LogP contribution >= 0.6 is 31.9 Å². The lowest BCUT2D eigenvalue weighted by atomic mass is 10.0. The van der Waals surface area contributed by atoms with E-state index < -0.39 is 11.7 Å². The van der Waals surface area contributed by atoms with Crippen LogP contribution in [0.25, 0.3) is 0 Å². The summed E-state index contributed by atoms with van der Waals surface area (Å²) in [5.41, 5.74) is -0.182. The number of halogens is 5. The van der Waals surface area contributed by atoms with E-state index >= 15 is 0 Å². The van der Waals surface area contributed by atoms with Crippen LogP contribution in [0.2, 0.25) is 0 Å². The maximum atomic E-state index is 12.5. The van der Waals surface area contributed by atoms with E-state index in [9.17, 15) is 18.0 Å². The molecule has 0 radical (unpaired) electrons. The smallest absolute Gasteiger partial charge is 0.289 e. The topological polar surface area (TPSA) is 17.1 Å². The molecule has 104 valence electrons. The lowest BCUT2D eigenvalue weighted by molar-refractivity contribution is -0.137. The highest BCUT2D eigenvalue weighted by Crippen LogP contribution is 2.31. The summed E-state index contributed by atoms with van der Waals surface area (Å²) in [7, 11) is 0. The van der Waals surface area contributed by atoms with Gasteiger partial charge in [0.15, 0.2) is 5.78 Å². The van der Waals surface area contributed by atoms with Gasteiger partial charge in [-0.1, -0.05) is 18.2 Å². The van der Waals surface area contributed by atoms with Crippen molar-refractivity contribution >= 4 is 37.6 Å². The molecule has 0 saturated carbocycles. The van der Waals surface area contributed by atoms with Crippen molar-refractivity contribution in [1.29, 1.82) is 0 Å². The van der Waals surface area contributed by atoms with Gasteiger partial charge in [0.2, 0.25) is 0 Å². The summed E-state index contributed by atoms with van der Waals surface area (Å²) in [5, 5.41) is 0. The highest BCUT2D eigenvalue weighted by molar-refractivity contribution is 9.13. The molecule has 2 aromatic carbocycles. The number of ketones is 1. The van der Waals surface area contributed by atoms with Gasteiger partial charge in [-0.25, -0.2) is 0 Å². The molecule has 0 atom stereocenters. The zero-order valence-corrected chi connectivity index (χ0v) is 13.0. The minimum atomic E-state index is -4.40. The zero-order valence-electron chi connectivity index (χ0n) is 9.84. The van der Waals surface area contributed by atoms with Crippen LogP contribution in [0, 0.1) is 0 Å². The second kappa shape index (κ2) is 5.69. The Labute approximate surface area is 130 Å². The third-order valence-electron chi connectivity index (χ3n) is 2.67. The molecule has 1 nitrogen and oxygen atoms in total. The van der Waals surface area contributed by atoms with Crippen molar-refractivity contribution in [2.24, 2.45) is 0 Å². The average molecular weight is 408 g/mol. The summed E-state index contributed by atoms with van der Waals surface area (Å²) in [6, 6.07) is 9.21. The number of carbonyl (C=O) groups excluding carboxylic acids is 1. The minimum Gasteiger partial charge on any atom is -0.289 e. The first kappa shape index (κ1) is 15.3. The van der Waals surface area contributed by atoms with E-state index in [-0.39, 0.29) is 11.3 Å². The van der Waals surface area contributed by atoms with Crippen LogP contribution in [0.1, 0.15) is 21.5 Å². The van der Waals surface area contributed by atoms with Crippen molar-refractivity contribution in [3.63, 3.8) is 0 Å². The number of alkyl halides is 3. The highest BCUT2D eigenvalue weighted by atomic mass is 79.9. The van der Waals surface area contributed by atoms with Gasteiger partial charge >= 0.3 is 6.18 Å². The summed E-state index contributed by atoms with van der Waals surface area (Å²) < 4.78 is 38.7. The Morgan fingerprint density at radius 3 is 2.10 bits per heavy atom. The number of benzene rings is 2. The lowest BCUT2D eigenvalue weighted by Gasteiger charge is -2.08. The molecule has 2 rings (SSSR count). The van der Waals surface area contributed by atoms with Gasteiger partial charge in [0.25, 0.3) is 0 Å². The van der Waals surface area contributed by atoms with Crippen LogP contribution in [-0.2, 0) is 6.18 Å². The van der Waals surface area contributed by atoms with Crippen LogP contribution in [0.4, 0.5) is 13.2 Å². The molecule has 0 saturated heterocycles. The molecule has 0 aliphatic rings. The highest BCUT2D eigenvalue weighted by Gasteiger charge is 2.30. The molecule has 0 aromatic heterocycles. The summed E-state index contributed by atoms with van der Waals surface area (Å²) in [4.78, 5) is 12.2. The Hall–Kier alpha value is -1.14. The molecule has 20 heavy (non-hydrogen) atoms. The van der Waals surface area contributed by atoms with E-state index in [1.165, 1.54) is 12.1 Å². The summed E-state index contributed by atoms with van der Waals surface area (Å²) >= 11 is 6.55. The summed E-state index contributed by atoms with van der Waals surface area (Å²) in [5.74, 6) is -0.341. The first-order valence-electron chi connectivity index (χ1n) is 5.46. The van der Waals surface area contributed by atoms with Gasteiger partial charge in [0.1, 0.15) is 0 Å². The number of hydrogen-bond donors (Lipinski definition) is 0. The second-order valence-electron chi connectivity index (χ2n) is 4.01. The molecule has 6 heteroatoms. The van der Waals surface area contributed by atoms with Crippen LogP contribution in [-0.4, -0.2) is 5.78 Å². The fourth-order valence-electron chi connectivity index (χ4n) is 1.65. The van der Waals surface area contributed by atoms with Gasteiger partial charge < -0.3 is 0 Å². The van der Waals surface area contributed by atoms with Crippen molar-refractivity contribution < 1.29 is 18.0 Å². The van der Waals surface area contributed by atoms with E-state index in [2.05, 4.69) is 31.9 Å². The molecule has 0 bridgehead atoms. The quantitative estimate of drug-likeness (QED) is 0.604. The molecule has 0 heterocycles. The number of carbonyl (C=O) groups is 1. The van der Waals surface area contributed by atoms with Crippen LogP contribution in [0.3, 0.4) is 0 Å². The van der Waals surface area contributed by atoms with E-state index in [4.69, 9.17) is 0 Å². The Morgan fingerprint density at radius 1 is 0.950 bits per heavy atom. The summed E-state index contributed by atoms with van der Waals surface area (Å²) in [6.45, 7) is 0. The standard InChI is InChI=1S/C14H7Br2F3O/c15-11-3-1-2-10(12(11)16)13(20)8-4-6-9(7-5-8)14(17,18)19/h1-7H. The first-order chi connectivity index (χ1) is 9.30. The maximum absolute atomic E-state index is 12.5. The largest absolute Gasteiger partial charge is 0.416 e. The Bertz CT molecular complexity index is 648. The van der Waals surface area contributed by atoms with Gasteiger partial charge in [0.05, 0.1) is 5.56 Å². The van der Waals surface area contributed by atoms with E-state index in [0.717, 1.165) is 12.1 Å². The molecule has 0 N–H and O–H groups in total. The van der Waals surface area contributed by atoms with Crippen LogP contribution in [0.15, 0.2) is 51.4 Å². The van der Waals surface area contributed by atoms with E-state index in [0.29, 0.717) is 14.5 Å². The van der Waals surface area contributed by atoms with Crippen molar-refractivity contribution in [3.05, 3.63) is 68.1 Å². The average Bonchev–Trinajstić information content (AvgIpc) is 2.40. The lowest BCUT2D eigenvalue weighted by Crippen LogP contribution is -2.07. The van der Waals surface area contributed by atoms with Gasteiger partial charge in [-0.05, 0) is 56.1 Å². The predicted octanol–water partition coefficient (Wildman–Crippen LogP) is 5.46. The maximum Gasteiger partial charge on any atom is 0.416 e. The monoisotopic (exact) mass is 406 g/mol. The molecule has 0 spiro atoms. The van der Waals surface area contributed by atoms with Crippen molar-refractivity contribution in [3.8, 4) is 0 Å². The fraction of sp³-hybridized carbons (Fsp3) is 0.0714. The summed E-state index contributed by atoms with van der Waals surface area (Å²) in [6.07, 6.45) is -4.40. The van der Waals surface area contributed by atoms with Crippen LogP contribution in [0.5, 0.6) is 0 Å². The molecule has 0 amide bonds. The Balaban J connectivity index is 2.37. The predicted molar refractivity (Wildman–Crippen MR) is 76.7 cm³/mol. The van der Waals surface area contributed by atoms with Crippen molar-refractivity contribution in [2.75, 3.05) is 0 Å². The Morgan fingerprint density at radius 2 is 1.55 bits per heavy atom. The number of hydrogen-bond acceptors (Lipinski definition) is 1. The third kappa shape index (κ3) is 3.12. The molecular weight excluding hydrogens is 401 g/mol. The van der Waals surface area contributed by atoms with E-state index in [1.54, 1.807) is 18.2 Å². The molecule has 0 aliphatic heterocycles. The zero-order chi connectivity index (χ0) is 14.9. The third-order valence-corrected chi connectivity index (χ3v) is 4.72. The molecule has 2 aromatic rings. The van der Waals surface area contributed by atoms with Gasteiger partial charge in [-0.3, -0.25) is 4.79 Å². The molecule has 0 unspecified atom stereocenters. The SMILES string of the molecule is O=C(c1ccc(C(F)(F)F)cc1)c1cccc(Br)c1Br. The molecule has 0 fully saturated rings. The van der Waals surface area contributed by atoms with Crippen molar-refractivity contribution in [2.45, 2.75) is 6.18 Å². The minimum absolute atomic E-state index is 0.205. The fourth-order valence-corrected chi connectivity index (χ4v) is 2.46. The van der Waals surface area contributed by atoms with Gasteiger partial charge in [0, 0.05) is 20.1 Å². The van der Waals surface area contributed by atoms with Crippen molar-refractivity contribution in [1.82, 2.24) is 0 Å². The van der Waals surface area contributed by atoms with Gasteiger partial charge in [-0.2, -0.15) is 13.2 Å². The second-order valence-corrected chi connectivity index (χ2v) is 5.65.